The Bertz CT molecular complexity index is 538. The van der Waals surface area contributed by atoms with Crippen LogP contribution in [0.5, 0.6) is 0 Å². The van der Waals surface area contributed by atoms with Crippen LogP contribution < -0.4 is 10.6 Å². The molecule has 1 aliphatic carbocycles. The Balaban J connectivity index is 0.00000312. The van der Waals surface area contributed by atoms with E-state index in [2.05, 4.69) is 27.6 Å². The van der Waals surface area contributed by atoms with Crippen molar-refractivity contribution >= 4 is 29.9 Å². The summed E-state index contributed by atoms with van der Waals surface area (Å²) in [5.74, 6) is 0.829. The van der Waals surface area contributed by atoms with Crippen molar-refractivity contribution in [3.05, 3.63) is 17.0 Å². The van der Waals surface area contributed by atoms with Crippen molar-refractivity contribution in [3.8, 4) is 0 Å². The number of aryl methyl sites for hydroxylation is 2. The Morgan fingerprint density at radius 3 is 2.56 bits per heavy atom. The first kappa shape index (κ1) is 22.2. The molecule has 2 rings (SSSR count). The molecule has 7 heteroatoms. The van der Waals surface area contributed by atoms with Gasteiger partial charge in [-0.25, -0.2) is 0 Å². The molecular weight excluding hydrogens is 429 g/mol. The normalized spacial score (nSPS) is 15.8. The van der Waals surface area contributed by atoms with Gasteiger partial charge in [0.2, 0.25) is 0 Å². The van der Waals surface area contributed by atoms with Gasteiger partial charge in [-0.15, -0.1) is 24.0 Å². The second-order valence-electron chi connectivity index (χ2n) is 6.61. The van der Waals surface area contributed by atoms with Gasteiger partial charge in [0, 0.05) is 45.0 Å². The smallest absolute Gasteiger partial charge is 0.191 e. The zero-order chi connectivity index (χ0) is 17.4. The molecule has 0 bridgehead atoms. The largest absolute Gasteiger partial charge is 0.378 e. The summed E-state index contributed by atoms with van der Waals surface area (Å²) < 4.78 is 7.87. The van der Waals surface area contributed by atoms with E-state index in [0.29, 0.717) is 6.10 Å². The van der Waals surface area contributed by atoms with Gasteiger partial charge in [-0.05, 0) is 33.1 Å². The van der Waals surface area contributed by atoms with Crippen molar-refractivity contribution < 1.29 is 4.74 Å². The summed E-state index contributed by atoms with van der Waals surface area (Å²) in [6, 6.07) is 0. The van der Waals surface area contributed by atoms with Crippen molar-refractivity contribution in [1.29, 1.82) is 0 Å². The van der Waals surface area contributed by atoms with E-state index in [-0.39, 0.29) is 24.0 Å². The van der Waals surface area contributed by atoms with Crippen LogP contribution in [0.4, 0.5) is 0 Å². The van der Waals surface area contributed by atoms with E-state index in [1.807, 2.05) is 18.7 Å². The lowest BCUT2D eigenvalue weighted by molar-refractivity contribution is 0.0277. The van der Waals surface area contributed by atoms with E-state index < -0.39 is 0 Å². The number of hydrogen-bond acceptors (Lipinski definition) is 3. The van der Waals surface area contributed by atoms with Crippen LogP contribution in [0.25, 0.3) is 0 Å². The third-order valence-electron chi connectivity index (χ3n) is 4.83. The first-order valence-electron chi connectivity index (χ1n) is 9.17. The maximum Gasteiger partial charge on any atom is 0.191 e. The van der Waals surface area contributed by atoms with Crippen molar-refractivity contribution in [3.63, 3.8) is 0 Å². The molecule has 1 aromatic heterocycles. The van der Waals surface area contributed by atoms with Gasteiger partial charge < -0.3 is 15.4 Å². The predicted molar refractivity (Wildman–Crippen MR) is 114 cm³/mol. The Labute approximate surface area is 169 Å². The maximum absolute atomic E-state index is 5.95. The molecule has 0 radical (unpaired) electrons. The van der Waals surface area contributed by atoms with E-state index in [1.54, 1.807) is 7.05 Å². The molecule has 0 atom stereocenters. The molecule has 1 aromatic rings. The molecule has 25 heavy (non-hydrogen) atoms. The molecule has 1 aliphatic rings. The first-order valence-corrected chi connectivity index (χ1v) is 9.17. The van der Waals surface area contributed by atoms with Crippen LogP contribution in [0.15, 0.2) is 4.99 Å². The number of aromatic nitrogens is 2. The van der Waals surface area contributed by atoms with Crippen molar-refractivity contribution in [2.24, 2.45) is 12.0 Å². The molecule has 0 unspecified atom stereocenters. The third kappa shape index (κ3) is 7.13. The quantitative estimate of drug-likeness (QED) is 0.283. The summed E-state index contributed by atoms with van der Waals surface area (Å²) in [5.41, 5.74) is 3.50. The number of guanidine groups is 1. The van der Waals surface area contributed by atoms with Crippen LogP contribution in [0.2, 0.25) is 0 Å². The molecular formula is C18H34IN5O. The van der Waals surface area contributed by atoms with Crippen molar-refractivity contribution in [2.45, 2.75) is 65.0 Å². The van der Waals surface area contributed by atoms with Crippen LogP contribution in [0.3, 0.4) is 0 Å². The van der Waals surface area contributed by atoms with Gasteiger partial charge in [0.1, 0.15) is 0 Å². The van der Waals surface area contributed by atoms with Gasteiger partial charge in [0.25, 0.3) is 0 Å². The first-order chi connectivity index (χ1) is 11.6. The van der Waals surface area contributed by atoms with Crippen LogP contribution in [-0.2, 0) is 18.3 Å². The van der Waals surface area contributed by atoms with Crippen LogP contribution >= 0.6 is 24.0 Å². The molecule has 1 saturated carbocycles. The number of aliphatic imine (C=N–C) groups is 1. The molecule has 1 fully saturated rings. The summed E-state index contributed by atoms with van der Waals surface area (Å²) in [6.45, 7) is 6.58. The fraction of sp³-hybridized carbons (Fsp3) is 0.778. The molecule has 0 spiro atoms. The zero-order valence-corrected chi connectivity index (χ0v) is 18.4. The minimum absolute atomic E-state index is 0. The number of rotatable bonds is 7. The number of halogens is 1. The second kappa shape index (κ2) is 11.7. The highest BCUT2D eigenvalue weighted by atomic mass is 127. The van der Waals surface area contributed by atoms with Gasteiger partial charge in [0.15, 0.2) is 5.96 Å². The minimum atomic E-state index is 0. The van der Waals surface area contributed by atoms with Crippen LogP contribution in [0, 0.1) is 13.8 Å². The second-order valence-corrected chi connectivity index (χ2v) is 6.61. The van der Waals surface area contributed by atoms with E-state index in [4.69, 9.17) is 4.74 Å². The van der Waals surface area contributed by atoms with E-state index in [9.17, 15) is 0 Å². The predicted octanol–water partition coefficient (Wildman–Crippen LogP) is 3.06. The lowest BCUT2D eigenvalue weighted by atomic mass is 9.98. The molecule has 144 valence electrons. The number of hydrogen-bond donors (Lipinski definition) is 2. The maximum atomic E-state index is 5.95. The summed E-state index contributed by atoms with van der Waals surface area (Å²) in [7, 11) is 3.78. The Morgan fingerprint density at radius 1 is 1.24 bits per heavy atom. The standard InChI is InChI=1S/C18H33N5O.HI/c1-14-17(15(2)23(4)22-14)13-21-18(19-3)20-11-8-12-24-16-9-6-5-7-10-16;/h16H,5-13H2,1-4H3,(H2,19,20,21);1H. The molecule has 1 heterocycles. The molecule has 0 amide bonds. The van der Waals surface area contributed by atoms with Gasteiger partial charge in [-0.3, -0.25) is 9.67 Å². The lowest BCUT2D eigenvalue weighted by Crippen LogP contribution is -2.37. The highest BCUT2D eigenvalue weighted by Gasteiger charge is 2.13. The average molecular weight is 463 g/mol. The summed E-state index contributed by atoms with van der Waals surface area (Å²) in [5, 5.41) is 11.2. The molecule has 0 saturated heterocycles. The molecule has 0 aliphatic heterocycles. The lowest BCUT2D eigenvalue weighted by Gasteiger charge is -2.22. The number of ether oxygens (including phenoxy) is 1. The summed E-state index contributed by atoms with van der Waals surface area (Å²) in [6.07, 6.45) is 7.99. The third-order valence-corrected chi connectivity index (χ3v) is 4.83. The monoisotopic (exact) mass is 463 g/mol. The van der Waals surface area contributed by atoms with E-state index in [0.717, 1.165) is 37.8 Å². The fourth-order valence-electron chi connectivity index (χ4n) is 3.23. The minimum Gasteiger partial charge on any atom is -0.378 e. The fourth-order valence-corrected chi connectivity index (χ4v) is 3.23. The van der Waals surface area contributed by atoms with Crippen LogP contribution in [-0.4, -0.2) is 42.0 Å². The van der Waals surface area contributed by atoms with Crippen LogP contribution in [0.1, 0.15) is 55.5 Å². The molecule has 2 N–H and O–H groups in total. The Hall–Kier alpha value is -0.830. The van der Waals surface area contributed by atoms with Gasteiger partial charge >= 0.3 is 0 Å². The molecule has 0 aromatic carbocycles. The van der Waals surface area contributed by atoms with E-state index in [1.165, 1.54) is 43.4 Å². The molecule has 6 nitrogen and oxygen atoms in total. The number of nitrogens with one attached hydrogen (secondary N) is 2. The Morgan fingerprint density at radius 2 is 1.96 bits per heavy atom. The highest BCUT2D eigenvalue weighted by Crippen LogP contribution is 2.20. The van der Waals surface area contributed by atoms with Gasteiger partial charge in [0.05, 0.1) is 11.8 Å². The highest BCUT2D eigenvalue weighted by molar-refractivity contribution is 14.0. The zero-order valence-electron chi connectivity index (χ0n) is 16.1. The SMILES string of the molecule is CN=C(NCCCOC1CCCCC1)NCc1c(C)nn(C)c1C.I. The summed E-state index contributed by atoms with van der Waals surface area (Å²) in [4.78, 5) is 4.28. The average Bonchev–Trinajstić information content (AvgIpc) is 2.83. The van der Waals surface area contributed by atoms with Crippen molar-refractivity contribution in [1.82, 2.24) is 20.4 Å². The topological polar surface area (TPSA) is 63.5 Å². The van der Waals surface area contributed by atoms with Gasteiger partial charge in [-0.1, -0.05) is 19.3 Å². The Kier molecular flexibility index (Phi) is 10.4. The van der Waals surface area contributed by atoms with E-state index >= 15 is 0 Å². The van der Waals surface area contributed by atoms with Gasteiger partial charge in [-0.2, -0.15) is 5.10 Å². The summed E-state index contributed by atoms with van der Waals surface area (Å²) >= 11 is 0. The number of nitrogens with zero attached hydrogens (tertiary/aromatic N) is 3. The van der Waals surface area contributed by atoms with Crippen molar-refractivity contribution in [2.75, 3.05) is 20.2 Å².